The van der Waals surface area contributed by atoms with Gasteiger partial charge in [0.25, 0.3) is 0 Å². The zero-order valence-electron chi connectivity index (χ0n) is 15.5. The summed E-state index contributed by atoms with van der Waals surface area (Å²) < 4.78 is 7.23. The minimum Gasteiger partial charge on any atom is -0.508 e. The van der Waals surface area contributed by atoms with Crippen molar-refractivity contribution in [2.75, 3.05) is 0 Å². The molecule has 1 aliphatic carbocycles. The predicted octanol–water partition coefficient (Wildman–Crippen LogP) is 6.06. The minimum absolute atomic E-state index is 0.105. The highest BCUT2D eigenvalue weighted by molar-refractivity contribution is 14.1. The maximum absolute atomic E-state index is 10.6. The van der Waals surface area contributed by atoms with Crippen LogP contribution in [0.5, 0.6) is 11.5 Å². The van der Waals surface area contributed by atoms with Gasteiger partial charge in [0.15, 0.2) is 0 Å². The van der Waals surface area contributed by atoms with Crippen molar-refractivity contribution in [3.63, 3.8) is 0 Å². The van der Waals surface area contributed by atoms with E-state index in [0.717, 1.165) is 30.6 Å². The van der Waals surface area contributed by atoms with Crippen molar-refractivity contribution in [1.82, 2.24) is 0 Å². The SMILES string of the molecule is CCCCCc1cc(O)c2c(c1)O[C@]1(C)CC[C@@H](I)C(C)(C)[C@H]1C2. The van der Waals surface area contributed by atoms with Crippen LogP contribution in [0, 0.1) is 11.3 Å². The van der Waals surface area contributed by atoms with Gasteiger partial charge >= 0.3 is 0 Å². The zero-order chi connectivity index (χ0) is 17.5. The molecule has 1 aromatic rings. The summed E-state index contributed by atoms with van der Waals surface area (Å²) in [6.07, 6.45) is 7.91. The summed E-state index contributed by atoms with van der Waals surface area (Å²) in [5, 5.41) is 10.6. The van der Waals surface area contributed by atoms with Crippen molar-refractivity contribution >= 4 is 22.6 Å². The molecule has 0 spiro atoms. The molecule has 1 aliphatic heterocycles. The average molecular weight is 442 g/mol. The molecular weight excluding hydrogens is 411 g/mol. The predicted molar refractivity (Wildman–Crippen MR) is 108 cm³/mol. The van der Waals surface area contributed by atoms with Crippen LogP contribution < -0.4 is 4.74 Å². The third kappa shape index (κ3) is 3.17. The summed E-state index contributed by atoms with van der Waals surface area (Å²) in [6, 6.07) is 4.16. The van der Waals surface area contributed by atoms with E-state index in [-0.39, 0.29) is 11.0 Å². The molecule has 1 aromatic carbocycles. The van der Waals surface area contributed by atoms with E-state index < -0.39 is 0 Å². The fraction of sp³-hybridized carbons (Fsp3) is 0.714. The summed E-state index contributed by atoms with van der Waals surface area (Å²) in [6.45, 7) is 9.25. The Morgan fingerprint density at radius 1 is 1.25 bits per heavy atom. The number of halogens is 1. The highest BCUT2D eigenvalue weighted by Crippen LogP contribution is 2.56. The van der Waals surface area contributed by atoms with Gasteiger partial charge in [-0.3, -0.25) is 0 Å². The van der Waals surface area contributed by atoms with Gasteiger partial charge in [-0.2, -0.15) is 0 Å². The number of hydrogen-bond acceptors (Lipinski definition) is 2. The van der Waals surface area contributed by atoms with Crippen molar-refractivity contribution in [2.24, 2.45) is 11.3 Å². The highest BCUT2D eigenvalue weighted by atomic mass is 127. The van der Waals surface area contributed by atoms with Gasteiger partial charge in [-0.05, 0) is 62.1 Å². The van der Waals surface area contributed by atoms with Gasteiger partial charge in [0, 0.05) is 15.4 Å². The van der Waals surface area contributed by atoms with Gasteiger partial charge in [-0.1, -0.05) is 56.2 Å². The van der Waals surface area contributed by atoms with E-state index >= 15 is 0 Å². The molecule has 1 heterocycles. The quantitative estimate of drug-likeness (QED) is 0.349. The Balaban J connectivity index is 1.91. The monoisotopic (exact) mass is 442 g/mol. The second kappa shape index (κ2) is 6.69. The molecule has 1 saturated carbocycles. The lowest BCUT2D eigenvalue weighted by Crippen LogP contribution is -2.57. The number of aryl methyl sites for hydroxylation is 1. The number of ether oxygens (including phenoxy) is 1. The van der Waals surface area contributed by atoms with Crippen LogP contribution >= 0.6 is 22.6 Å². The Hall–Kier alpha value is -0.450. The van der Waals surface area contributed by atoms with Crippen LogP contribution in [0.3, 0.4) is 0 Å². The van der Waals surface area contributed by atoms with Gasteiger partial charge in [-0.25, -0.2) is 0 Å². The molecule has 24 heavy (non-hydrogen) atoms. The van der Waals surface area contributed by atoms with Crippen LogP contribution in [0.15, 0.2) is 12.1 Å². The smallest absolute Gasteiger partial charge is 0.127 e. The molecule has 1 fully saturated rings. The number of hydrogen-bond donors (Lipinski definition) is 1. The molecule has 2 nitrogen and oxygen atoms in total. The van der Waals surface area contributed by atoms with Crippen molar-refractivity contribution in [3.8, 4) is 11.5 Å². The summed E-state index contributed by atoms with van der Waals surface area (Å²) in [7, 11) is 0. The Morgan fingerprint density at radius 3 is 2.71 bits per heavy atom. The number of phenols is 1. The molecule has 0 bridgehead atoms. The van der Waals surface area contributed by atoms with Crippen LogP contribution in [0.25, 0.3) is 0 Å². The van der Waals surface area contributed by atoms with Crippen molar-refractivity contribution in [2.45, 2.75) is 82.2 Å². The largest absolute Gasteiger partial charge is 0.508 e. The Bertz CT molecular complexity index is 610. The number of phenolic OH excluding ortho intramolecular Hbond substituents is 1. The van der Waals surface area contributed by atoms with Gasteiger partial charge in [0.05, 0.1) is 0 Å². The number of unbranched alkanes of at least 4 members (excludes halogenated alkanes) is 2. The lowest BCUT2D eigenvalue weighted by molar-refractivity contribution is -0.0763. The van der Waals surface area contributed by atoms with Crippen LogP contribution in [0.4, 0.5) is 0 Å². The van der Waals surface area contributed by atoms with Crippen LogP contribution in [0.2, 0.25) is 0 Å². The maximum Gasteiger partial charge on any atom is 0.127 e. The Kier molecular flexibility index (Phi) is 5.12. The first-order valence-corrected chi connectivity index (χ1v) is 10.7. The molecule has 0 radical (unpaired) electrons. The van der Waals surface area contributed by atoms with Gasteiger partial charge < -0.3 is 9.84 Å². The van der Waals surface area contributed by atoms with Crippen LogP contribution in [-0.2, 0) is 12.8 Å². The summed E-state index contributed by atoms with van der Waals surface area (Å²) in [5.41, 5.74) is 2.35. The number of benzene rings is 1. The molecule has 3 atom stereocenters. The topological polar surface area (TPSA) is 29.5 Å². The van der Waals surface area contributed by atoms with E-state index in [1.165, 1.54) is 31.2 Å². The number of fused-ring (bicyclic) bond motifs is 2. The molecule has 2 aliphatic rings. The van der Waals surface area contributed by atoms with E-state index in [0.29, 0.717) is 15.6 Å². The summed E-state index contributed by atoms with van der Waals surface area (Å²) >= 11 is 2.61. The lowest BCUT2D eigenvalue weighted by atomic mass is 9.59. The number of aromatic hydroxyl groups is 1. The Labute approximate surface area is 160 Å². The van der Waals surface area contributed by atoms with Crippen molar-refractivity contribution < 1.29 is 9.84 Å². The van der Waals surface area contributed by atoms with Gasteiger partial charge in [0.1, 0.15) is 17.1 Å². The maximum atomic E-state index is 10.6. The van der Waals surface area contributed by atoms with E-state index in [2.05, 4.69) is 56.4 Å². The molecule has 3 rings (SSSR count). The molecular formula is C21H31IO2. The van der Waals surface area contributed by atoms with E-state index in [1.54, 1.807) is 0 Å². The second-order valence-electron chi connectivity index (χ2n) is 8.55. The first kappa shape index (κ1) is 18.3. The third-order valence-electron chi connectivity index (χ3n) is 6.40. The van der Waals surface area contributed by atoms with Gasteiger partial charge in [-0.15, -0.1) is 0 Å². The number of alkyl halides is 1. The first-order chi connectivity index (χ1) is 11.3. The summed E-state index contributed by atoms with van der Waals surface area (Å²) in [5.74, 6) is 1.82. The molecule has 1 N–H and O–H groups in total. The summed E-state index contributed by atoms with van der Waals surface area (Å²) in [4.78, 5) is 0. The highest BCUT2D eigenvalue weighted by Gasteiger charge is 2.54. The van der Waals surface area contributed by atoms with Crippen LogP contribution in [0.1, 0.15) is 70.9 Å². The van der Waals surface area contributed by atoms with E-state index in [4.69, 9.17) is 4.74 Å². The van der Waals surface area contributed by atoms with Gasteiger partial charge in [0.2, 0.25) is 0 Å². The molecule has 3 heteroatoms. The van der Waals surface area contributed by atoms with Crippen LogP contribution in [-0.4, -0.2) is 14.6 Å². The average Bonchev–Trinajstić information content (AvgIpc) is 2.51. The van der Waals surface area contributed by atoms with E-state index in [9.17, 15) is 5.11 Å². The fourth-order valence-corrected chi connectivity index (χ4v) is 5.47. The second-order valence-corrected chi connectivity index (χ2v) is 10.1. The normalized spacial score (nSPS) is 31.0. The van der Waals surface area contributed by atoms with Crippen molar-refractivity contribution in [3.05, 3.63) is 23.3 Å². The lowest BCUT2D eigenvalue weighted by Gasteiger charge is -2.55. The first-order valence-electron chi connectivity index (χ1n) is 9.46. The minimum atomic E-state index is -0.105. The van der Waals surface area contributed by atoms with Crippen molar-refractivity contribution in [1.29, 1.82) is 0 Å². The molecule has 134 valence electrons. The molecule has 0 amide bonds. The van der Waals surface area contributed by atoms with E-state index in [1.807, 2.05) is 6.07 Å². The standard InChI is InChI=1S/C21H31IO2/c1-5-6-7-8-14-11-16(23)15-13-18-20(2,3)19(22)9-10-21(18,4)24-17(15)12-14/h11-12,18-19,23H,5-10,13H2,1-4H3/t18-,19-,21-/m1/s1. The molecule has 0 unspecified atom stereocenters. The molecule has 0 saturated heterocycles. The number of rotatable bonds is 4. The third-order valence-corrected chi connectivity index (χ3v) is 8.63. The molecule has 0 aromatic heterocycles. The Morgan fingerprint density at radius 2 is 2.00 bits per heavy atom. The fourth-order valence-electron chi connectivity index (χ4n) is 4.73. The zero-order valence-corrected chi connectivity index (χ0v) is 17.7.